The maximum Gasteiger partial charge on any atom is 0.211 e. The fourth-order valence-electron chi connectivity index (χ4n) is 4.88. The lowest BCUT2D eigenvalue weighted by Crippen LogP contribution is -2.64. The van der Waals surface area contributed by atoms with E-state index < -0.39 is 10.0 Å². The number of hydrogen-bond donors (Lipinski definition) is 1. The molecule has 0 unspecified atom stereocenters. The van der Waals surface area contributed by atoms with Gasteiger partial charge in [0.1, 0.15) is 0 Å². The van der Waals surface area contributed by atoms with Crippen molar-refractivity contribution in [3.8, 4) is 6.07 Å². The first-order chi connectivity index (χ1) is 13.4. The molecule has 2 atom stereocenters. The van der Waals surface area contributed by atoms with E-state index in [0.29, 0.717) is 37.4 Å². The van der Waals surface area contributed by atoms with Crippen molar-refractivity contribution in [2.45, 2.75) is 43.2 Å². The van der Waals surface area contributed by atoms with Crippen LogP contribution in [-0.2, 0) is 10.0 Å². The Morgan fingerprint density at radius 3 is 2.50 bits per heavy atom. The normalized spacial score (nSPS) is 28.4. The zero-order valence-corrected chi connectivity index (χ0v) is 17.4. The number of nitrogens with zero attached hydrogens (tertiary/aromatic N) is 3. The lowest BCUT2D eigenvalue weighted by Gasteiger charge is -2.54. The lowest BCUT2D eigenvalue weighted by molar-refractivity contribution is -0.0393. The number of sulfonamides is 1. The Kier molecular flexibility index (Phi) is 5.49. The van der Waals surface area contributed by atoms with Gasteiger partial charge in [-0.1, -0.05) is 30.3 Å². The SMILES string of the molecule is CS(=O)(=O)N1CCC(CC#N)(N2CC(CN[C@@H]3C[C@H]3c3ccccc3)C2)CC1. The summed E-state index contributed by atoms with van der Waals surface area (Å²) < 4.78 is 25.1. The molecule has 0 amide bonds. The van der Waals surface area contributed by atoms with Gasteiger partial charge in [0.25, 0.3) is 0 Å². The number of hydrogen-bond acceptors (Lipinski definition) is 5. The van der Waals surface area contributed by atoms with E-state index in [-0.39, 0.29) is 5.54 Å². The molecule has 2 saturated heterocycles. The van der Waals surface area contributed by atoms with Crippen LogP contribution in [-0.4, -0.2) is 68.2 Å². The molecular formula is C21H30N4O2S. The highest BCUT2D eigenvalue weighted by Crippen LogP contribution is 2.41. The highest BCUT2D eigenvalue weighted by molar-refractivity contribution is 7.88. The molecule has 1 aromatic carbocycles. The van der Waals surface area contributed by atoms with Crippen molar-refractivity contribution in [2.24, 2.45) is 5.92 Å². The zero-order chi connectivity index (χ0) is 19.8. The summed E-state index contributed by atoms with van der Waals surface area (Å²) in [6.07, 6.45) is 4.50. The van der Waals surface area contributed by atoms with Gasteiger partial charge >= 0.3 is 0 Å². The van der Waals surface area contributed by atoms with Gasteiger partial charge in [0.05, 0.1) is 18.7 Å². The Morgan fingerprint density at radius 1 is 1.21 bits per heavy atom. The second-order valence-electron chi connectivity index (χ2n) is 8.76. The summed E-state index contributed by atoms with van der Waals surface area (Å²) in [6, 6.07) is 13.7. The van der Waals surface area contributed by atoms with Crippen LogP contribution >= 0.6 is 0 Å². The lowest BCUT2D eigenvalue weighted by atomic mass is 9.79. The minimum absolute atomic E-state index is 0.140. The van der Waals surface area contributed by atoms with Gasteiger partial charge in [0.2, 0.25) is 10.0 Å². The molecule has 0 bridgehead atoms. The van der Waals surface area contributed by atoms with Crippen LogP contribution in [0, 0.1) is 17.2 Å². The van der Waals surface area contributed by atoms with E-state index in [9.17, 15) is 13.7 Å². The second kappa shape index (κ2) is 7.75. The topological polar surface area (TPSA) is 76.4 Å². The minimum atomic E-state index is -3.13. The number of likely N-dealkylation sites (tertiary alicyclic amines) is 1. The average Bonchev–Trinajstić information content (AvgIpc) is 3.41. The van der Waals surface area contributed by atoms with Crippen molar-refractivity contribution in [1.29, 1.82) is 5.26 Å². The maximum absolute atomic E-state index is 11.8. The van der Waals surface area contributed by atoms with E-state index in [1.165, 1.54) is 18.2 Å². The quantitative estimate of drug-likeness (QED) is 0.752. The van der Waals surface area contributed by atoms with Gasteiger partial charge in [-0.2, -0.15) is 5.26 Å². The zero-order valence-electron chi connectivity index (χ0n) is 16.5. The van der Waals surface area contributed by atoms with Gasteiger partial charge in [0, 0.05) is 50.2 Å². The van der Waals surface area contributed by atoms with Crippen LogP contribution in [0.1, 0.15) is 37.2 Å². The van der Waals surface area contributed by atoms with Crippen molar-refractivity contribution in [2.75, 3.05) is 39.0 Å². The molecule has 1 aliphatic carbocycles. The van der Waals surface area contributed by atoms with Gasteiger partial charge in [-0.05, 0) is 30.7 Å². The van der Waals surface area contributed by atoms with Crippen molar-refractivity contribution in [3.63, 3.8) is 0 Å². The van der Waals surface area contributed by atoms with Crippen LogP contribution in [0.4, 0.5) is 0 Å². The monoisotopic (exact) mass is 402 g/mol. The number of nitrogens with one attached hydrogen (secondary N) is 1. The highest BCUT2D eigenvalue weighted by atomic mass is 32.2. The van der Waals surface area contributed by atoms with E-state index in [4.69, 9.17) is 0 Å². The highest BCUT2D eigenvalue weighted by Gasteiger charge is 2.47. The molecule has 152 valence electrons. The Bertz CT molecular complexity index is 822. The molecule has 6 nitrogen and oxygen atoms in total. The third-order valence-corrected chi connectivity index (χ3v) is 8.15. The van der Waals surface area contributed by atoms with Crippen molar-refractivity contribution in [1.82, 2.24) is 14.5 Å². The summed E-state index contributed by atoms with van der Waals surface area (Å²) in [4.78, 5) is 2.43. The van der Waals surface area contributed by atoms with Crippen molar-refractivity contribution in [3.05, 3.63) is 35.9 Å². The summed E-state index contributed by atoms with van der Waals surface area (Å²) >= 11 is 0. The molecule has 1 aromatic rings. The third-order valence-electron chi connectivity index (χ3n) is 6.85. The molecule has 0 spiro atoms. The molecule has 3 fully saturated rings. The predicted molar refractivity (Wildman–Crippen MR) is 109 cm³/mol. The van der Waals surface area contributed by atoms with Crippen LogP contribution in [0.15, 0.2) is 30.3 Å². The molecule has 2 aliphatic heterocycles. The molecule has 2 heterocycles. The molecule has 3 aliphatic rings. The Balaban J connectivity index is 1.24. The Morgan fingerprint density at radius 2 is 1.89 bits per heavy atom. The largest absolute Gasteiger partial charge is 0.313 e. The summed E-state index contributed by atoms with van der Waals surface area (Å²) in [7, 11) is -3.13. The first kappa shape index (κ1) is 19.8. The molecule has 4 rings (SSSR count). The molecule has 7 heteroatoms. The summed E-state index contributed by atoms with van der Waals surface area (Å²) in [5.41, 5.74) is 1.29. The van der Waals surface area contributed by atoms with E-state index >= 15 is 0 Å². The van der Waals surface area contributed by atoms with E-state index in [0.717, 1.165) is 32.5 Å². The van der Waals surface area contributed by atoms with Crippen LogP contribution < -0.4 is 5.32 Å². The van der Waals surface area contributed by atoms with E-state index in [1.54, 1.807) is 4.31 Å². The predicted octanol–water partition coefficient (Wildman–Crippen LogP) is 1.77. The molecule has 1 N–H and O–H groups in total. The van der Waals surface area contributed by atoms with Crippen LogP contribution in [0.25, 0.3) is 0 Å². The molecule has 1 saturated carbocycles. The second-order valence-corrected chi connectivity index (χ2v) is 10.7. The molecular weight excluding hydrogens is 372 g/mol. The van der Waals surface area contributed by atoms with Gasteiger partial charge in [-0.15, -0.1) is 0 Å². The standard InChI is InChI=1S/C21H30N4O2S/c1-28(26,27)25-11-8-21(7-10-22,9-12-25)24-15-17(16-24)14-23-20-13-19(20)18-5-3-2-4-6-18/h2-6,17,19-20,23H,7-9,11-16H2,1H3/t19-,20+/m0/s1. The van der Waals surface area contributed by atoms with Crippen molar-refractivity contribution < 1.29 is 8.42 Å². The number of benzene rings is 1. The Hall–Kier alpha value is -1.46. The molecule has 0 aromatic heterocycles. The van der Waals surface area contributed by atoms with E-state index in [1.807, 2.05) is 0 Å². The first-order valence-corrected chi connectivity index (χ1v) is 12.1. The summed E-state index contributed by atoms with van der Waals surface area (Å²) in [5, 5.41) is 13.1. The van der Waals surface area contributed by atoms with Gasteiger partial charge in [0.15, 0.2) is 0 Å². The molecule has 0 radical (unpaired) electrons. The molecule has 28 heavy (non-hydrogen) atoms. The van der Waals surface area contributed by atoms with E-state index in [2.05, 4.69) is 46.6 Å². The van der Waals surface area contributed by atoms with Crippen LogP contribution in [0.2, 0.25) is 0 Å². The Labute approximate surface area is 168 Å². The van der Waals surface area contributed by atoms with Gasteiger partial charge in [-0.3, -0.25) is 4.90 Å². The van der Waals surface area contributed by atoms with Crippen LogP contribution in [0.5, 0.6) is 0 Å². The fraction of sp³-hybridized carbons (Fsp3) is 0.667. The first-order valence-electron chi connectivity index (χ1n) is 10.3. The number of piperidine rings is 1. The van der Waals surface area contributed by atoms with Gasteiger partial charge in [-0.25, -0.2) is 12.7 Å². The third kappa shape index (κ3) is 4.11. The minimum Gasteiger partial charge on any atom is -0.313 e. The van der Waals surface area contributed by atoms with Gasteiger partial charge < -0.3 is 5.32 Å². The fourth-order valence-corrected chi connectivity index (χ4v) is 5.73. The number of nitriles is 1. The average molecular weight is 403 g/mol. The smallest absolute Gasteiger partial charge is 0.211 e. The van der Waals surface area contributed by atoms with Crippen molar-refractivity contribution >= 4 is 10.0 Å². The van der Waals surface area contributed by atoms with Crippen LogP contribution in [0.3, 0.4) is 0 Å². The summed E-state index contributed by atoms with van der Waals surface area (Å²) in [6.45, 7) is 4.11. The maximum atomic E-state index is 11.8. The summed E-state index contributed by atoms with van der Waals surface area (Å²) in [5.74, 6) is 1.28. The number of rotatable bonds is 7.